The number of hydrogen-bond acceptors (Lipinski definition) is 4. The van der Waals surface area contributed by atoms with E-state index in [4.69, 9.17) is 11.5 Å². The lowest BCUT2D eigenvalue weighted by atomic mass is 10.2. The first-order valence-corrected chi connectivity index (χ1v) is 4.57. The van der Waals surface area contributed by atoms with E-state index in [1.807, 2.05) is 0 Å². The van der Waals surface area contributed by atoms with E-state index in [1.165, 1.54) is 0 Å². The minimum Gasteiger partial charge on any atom is -0.327 e. The third-order valence-corrected chi connectivity index (χ3v) is 1.61. The van der Waals surface area contributed by atoms with Gasteiger partial charge in [-0.2, -0.15) is 0 Å². The van der Waals surface area contributed by atoms with E-state index in [-0.39, 0.29) is 18.4 Å². The van der Waals surface area contributed by atoms with Crippen LogP contribution in [0, 0.1) is 0 Å². The molecule has 0 heterocycles. The van der Waals surface area contributed by atoms with Crippen molar-refractivity contribution >= 4 is 11.8 Å². The van der Waals surface area contributed by atoms with Crippen LogP contribution in [0.15, 0.2) is 0 Å². The highest BCUT2D eigenvalue weighted by Gasteiger charge is 2.11. The first-order valence-electron chi connectivity index (χ1n) is 4.57. The normalized spacial score (nSPS) is 14.3. The summed E-state index contributed by atoms with van der Waals surface area (Å²) in [5, 5.41) is 0. The van der Waals surface area contributed by atoms with Crippen LogP contribution in [0.4, 0.5) is 0 Å². The Hall–Kier alpha value is -1.14. The molecule has 0 rings (SSSR count). The molecule has 82 valence electrons. The molecule has 0 saturated carbocycles. The van der Waals surface area contributed by atoms with Crippen molar-refractivity contribution in [1.82, 2.24) is 10.9 Å². The highest BCUT2D eigenvalue weighted by atomic mass is 16.2. The van der Waals surface area contributed by atoms with Gasteiger partial charge in [-0.15, -0.1) is 0 Å². The summed E-state index contributed by atoms with van der Waals surface area (Å²) >= 11 is 0. The summed E-state index contributed by atoms with van der Waals surface area (Å²) in [6.07, 6.45) is 0.691. The van der Waals surface area contributed by atoms with Crippen LogP contribution in [-0.4, -0.2) is 23.9 Å². The van der Waals surface area contributed by atoms with Crippen molar-refractivity contribution in [2.24, 2.45) is 11.5 Å². The van der Waals surface area contributed by atoms with Crippen LogP contribution >= 0.6 is 0 Å². The fourth-order valence-corrected chi connectivity index (χ4v) is 0.753. The summed E-state index contributed by atoms with van der Waals surface area (Å²) in [6.45, 7) is 3.49. The zero-order chi connectivity index (χ0) is 11.1. The lowest BCUT2D eigenvalue weighted by molar-refractivity contribution is -0.129. The van der Waals surface area contributed by atoms with E-state index < -0.39 is 11.9 Å². The SMILES string of the molecule is CCC(N)C(=O)NNC(=O)CC(C)N. The Bertz CT molecular complexity index is 206. The van der Waals surface area contributed by atoms with E-state index in [1.54, 1.807) is 13.8 Å². The molecule has 2 unspecified atom stereocenters. The van der Waals surface area contributed by atoms with Crippen molar-refractivity contribution in [2.75, 3.05) is 0 Å². The number of nitrogens with one attached hydrogen (secondary N) is 2. The first-order chi connectivity index (χ1) is 6.47. The molecule has 0 aliphatic rings. The van der Waals surface area contributed by atoms with E-state index >= 15 is 0 Å². The average Bonchev–Trinajstić information content (AvgIpc) is 2.11. The minimum atomic E-state index is -0.592. The summed E-state index contributed by atoms with van der Waals surface area (Å²) < 4.78 is 0. The van der Waals surface area contributed by atoms with Gasteiger partial charge in [0.25, 0.3) is 5.91 Å². The molecule has 14 heavy (non-hydrogen) atoms. The summed E-state index contributed by atoms with van der Waals surface area (Å²) in [4.78, 5) is 22.1. The van der Waals surface area contributed by atoms with Gasteiger partial charge in [-0.3, -0.25) is 20.4 Å². The third-order valence-electron chi connectivity index (χ3n) is 1.61. The van der Waals surface area contributed by atoms with E-state index in [0.29, 0.717) is 6.42 Å². The summed E-state index contributed by atoms with van der Waals surface area (Å²) in [7, 11) is 0. The molecule has 0 aromatic carbocycles. The fourth-order valence-electron chi connectivity index (χ4n) is 0.753. The molecule has 0 aromatic heterocycles. The van der Waals surface area contributed by atoms with Crippen LogP contribution in [0.2, 0.25) is 0 Å². The van der Waals surface area contributed by atoms with Crippen molar-refractivity contribution < 1.29 is 9.59 Å². The van der Waals surface area contributed by atoms with Crippen molar-refractivity contribution in [2.45, 2.75) is 38.8 Å². The van der Waals surface area contributed by atoms with Gasteiger partial charge in [0.15, 0.2) is 0 Å². The average molecular weight is 202 g/mol. The quantitative estimate of drug-likeness (QED) is 0.420. The van der Waals surface area contributed by atoms with Crippen molar-refractivity contribution in [1.29, 1.82) is 0 Å². The molecule has 6 N–H and O–H groups in total. The largest absolute Gasteiger partial charge is 0.327 e. The molecule has 2 atom stereocenters. The molecular weight excluding hydrogens is 184 g/mol. The van der Waals surface area contributed by atoms with Gasteiger partial charge in [0.2, 0.25) is 5.91 Å². The predicted octanol–water partition coefficient (Wildman–Crippen LogP) is -1.39. The molecule has 0 aliphatic carbocycles. The number of hydrogen-bond donors (Lipinski definition) is 4. The fraction of sp³-hybridized carbons (Fsp3) is 0.750. The van der Waals surface area contributed by atoms with E-state index in [9.17, 15) is 9.59 Å². The second-order valence-corrected chi connectivity index (χ2v) is 3.23. The maximum Gasteiger partial charge on any atom is 0.255 e. The van der Waals surface area contributed by atoms with Gasteiger partial charge in [-0.05, 0) is 13.3 Å². The van der Waals surface area contributed by atoms with Crippen LogP contribution in [0.5, 0.6) is 0 Å². The van der Waals surface area contributed by atoms with Gasteiger partial charge in [-0.25, -0.2) is 0 Å². The Kier molecular flexibility index (Phi) is 5.82. The lowest BCUT2D eigenvalue weighted by Crippen LogP contribution is -2.49. The van der Waals surface area contributed by atoms with Crippen molar-refractivity contribution in [3.63, 3.8) is 0 Å². The molecule has 0 spiro atoms. The Morgan fingerprint density at radius 2 is 1.86 bits per heavy atom. The monoisotopic (exact) mass is 202 g/mol. The van der Waals surface area contributed by atoms with Crippen LogP contribution in [0.1, 0.15) is 26.7 Å². The molecule has 0 aromatic rings. The molecule has 6 heteroatoms. The molecule has 0 aliphatic heterocycles. The number of rotatable bonds is 4. The lowest BCUT2D eigenvalue weighted by Gasteiger charge is -2.11. The number of carbonyl (C=O) groups excluding carboxylic acids is 2. The Morgan fingerprint density at radius 3 is 2.29 bits per heavy atom. The minimum absolute atomic E-state index is 0.168. The maximum absolute atomic E-state index is 11.1. The highest BCUT2D eigenvalue weighted by molar-refractivity contribution is 5.85. The topological polar surface area (TPSA) is 110 Å². The molecule has 0 saturated heterocycles. The van der Waals surface area contributed by atoms with Gasteiger partial charge in [0.1, 0.15) is 0 Å². The van der Waals surface area contributed by atoms with Gasteiger partial charge in [-0.1, -0.05) is 6.92 Å². The van der Waals surface area contributed by atoms with Crippen LogP contribution in [0.25, 0.3) is 0 Å². The zero-order valence-corrected chi connectivity index (χ0v) is 8.54. The first kappa shape index (κ1) is 12.9. The standard InChI is InChI=1S/C8H18N4O2/c1-3-6(10)8(14)12-11-7(13)4-5(2)9/h5-6H,3-4,9-10H2,1-2H3,(H,11,13)(H,12,14). The van der Waals surface area contributed by atoms with Gasteiger partial charge >= 0.3 is 0 Å². The second-order valence-electron chi connectivity index (χ2n) is 3.23. The van der Waals surface area contributed by atoms with Gasteiger partial charge < -0.3 is 11.5 Å². The summed E-state index contributed by atoms with van der Waals surface area (Å²) in [6, 6.07) is -0.822. The Morgan fingerprint density at radius 1 is 1.29 bits per heavy atom. The number of hydrazine groups is 1. The molecule has 0 fully saturated rings. The van der Waals surface area contributed by atoms with Crippen LogP contribution < -0.4 is 22.3 Å². The number of nitrogens with two attached hydrogens (primary N) is 2. The molecule has 0 radical (unpaired) electrons. The molecule has 6 nitrogen and oxygen atoms in total. The highest BCUT2D eigenvalue weighted by Crippen LogP contribution is 1.86. The maximum atomic E-state index is 11.1. The predicted molar refractivity (Wildman–Crippen MR) is 52.8 cm³/mol. The Labute approximate surface area is 83.4 Å². The summed E-state index contributed by atoms with van der Waals surface area (Å²) in [5.41, 5.74) is 15.3. The zero-order valence-electron chi connectivity index (χ0n) is 8.54. The van der Waals surface area contributed by atoms with Crippen LogP contribution in [0.3, 0.4) is 0 Å². The van der Waals surface area contributed by atoms with Gasteiger partial charge in [0.05, 0.1) is 6.04 Å². The smallest absolute Gasteiger partial charge is 0.255 e. The van der Waals surface area contributed by atoms with E-state index in [0.717, 1.165) is 0 Å². The molecular formula is C8H18N4O2. The summed E-state index contributed by atoms with van der Waals surface area (Å²) in [5.74, 6) is -0.720. The van der Waals surface area contributed by atoms with Crippen molar-refractivity contribution in [3.8, 4) is 0 Å². The second kappa shape index (κ2) is 6.33. The number of amides is 2. The van der Waals surface area contributed by atoms with Crippen LogP contribution in [-0.2, 0) is 9.59 Å². The van der Waals surface area contributed by atoms with Crippen molar-refractivity contribution in [3.05, 3.63) is 0 Å². The number of carbonyl (C=O) groups is 2. The van der Waals surface area contributed by atoms with Gasteiger partial charge in [0, 0.05) is 12.5 Å². The third kappa shape index (κ3) is 5.50. The Balaban J connectivity index is 3.72. The molecule has 0 bridgehead atoms. The molecule has 2 amide bonds. The van der Waals surface area contributed by atoms with E-state index in [2.05, 4.69) is 10.9 Å².